The minimum atomic E-state index is -0.627. The molecule has 0 aromatic heterocycles. The number of carbonyl (C=O) groups excluding carboxylic acids is 1. The summed E-state index contributed by atoms with van der Waals surface area (Å²) in [5.74, 6) is 0. The van der Waals surface area contributed by atoms with E-state index in [1.165, 1.54) is 24.3 Å². The second-order valence-electron chi connectivity index (χ2n) is 3.43. The Hall–Kier alpha value is -2.15. The number of nitrogens with two attached hydrogens (primary N) is 1. The Bertz CT molecular complexity index is 403. The van der Waals surface area contributed by atoms with Gasteiger partial charge in [-0.05, 0) is 24.6 Å². The van der Waals surface area contributed by atoms with E-state index in [0.29, 0.717) is 5.56 Å². The molecule has 1 unspecified atom stereocenters. The molecule has 1 aromatic carbocycles. The first-order chi connectivity index (χ1) is 7.99. The number of nitrogens with zero attached hydrogens (tertiary/aromatic N) is 1. The third-order valence-electron chi connectivity index (χ3n) is 1.86. The van der Waals surface area contributed by atoms with Crippen LogP contribution in [0.25, 0.3) is 0 Å². The van der Waals surface area contributed by atoms with Gasteiger partial charge in [0, 0.05) is 12.1 Å². The van der Waals surface area contributed by atoms with Gasteiger partial charge in [0.15, 0.2) is 0 Å². The summed E-state index contributed by atoms with van der Waals surface area (Å²) in [6, 6.07) is 5.75. The third-order valence-corrected chi connectivity index (χ3v) is 1.86. The normalized spacial score (nSPS) is 11.6. The first-order valence-electron chi connectivity index (χ1n) is 4.91. The van der Waals surface area contributed by atoms with Gasteiger partial charge in [-0.3, -0.25) is 10.1 Å². The fourth-order valence-corrected chi connectivity index (χ4v) is 1.09. The lowest BCUT2D eigenvalue weighted by atomic mass is 10.2. The Morgan fingerprint density at radius 1 is 1.53 bits per heavy atom. The number of hydrogen-bond donors (Lipinski definition) is 2. The van der Waals surface area contributed by atoms with Crippen molar-refractivity contribution in [3.8, 4) is 0 Å². The van der Waals surface area contributed by atoms with Crippen molar-refractivity contribution >= 4 is 11.8 Å². The summed E-state index contributed by atoms with van der Waals surface area (Å²) in [7, 11) is 0. The molecule has 0 heterocycles. The molecular formula is C10H13N3O4. The molecule has 0 spiro atoms. The summed E-state index contributed by atoms with van der Waals surface area (Å²) in [6.45, 7) is 1.64. The van der Waals surface area contributed by atoms with E-state index in [0.717, 1.165) is 0 Å². The maximum absolute atomic E-state index is 11.1. The highest BCUT2D eigenvalue weighted by Gasteiger charge is 2.06. The third kappa shape index (κ3) is 4.47. The zero-order valence-corrected chi connectivity index (χ0v) is 9.25. The number of amides is 1. The molecule has 0 aliphatic rings. The molecule has 0 aliphatic heterocycles. The summed E-state index contributed by atoms with van der Waals surface area (Å²) >= 11 is 0. The molecule has 0 radical (unpaired) electrons. The van der Waals surface area contributed by atoms with Crippen LogP contribution in [0.15, 0.2) is 24.3 Å². The van der Waals surface area contributed by atoms with Crippen molar-refractivity contribution < 1.29 is 14.5 Å². The summed E-state index contributed by atoms with van der Waals surface area (Å²) < 4.78 is 4.84. The number of nitro groups is 1. The van der Waals surface area contributed by atoms with Crippen LogP contribution < -0.4 is 11.1 Å². The molecule has 3 N–H and O–H groups in total. The molecule has 0 fully saturated rings. The predicted octanol–water partition coefficient (Wildman–Crippen LogP) is 1.13. The molecule has 0 saturated carbocycles. The van der Waals surface area contributed by atoms with Gasteiger partial charge in [0.1, 0.15) is 6.61 Å². The molecule has 17 heavy (non-hydrogen) atoms. The highest BCUT2D eigenvalue weighted by Crippen LogP contribution is 2.12. The van der Waals surface area contributed by atoms with E-state index in [2.05, 4.69) is 5.32 Å². The van der Waals surface area contributed by atoms with E-state index in [9.17, 15) is 14.9 Å². The lowest BCUT2D eigenvalue weighted by Gasteiger charge is -2.09. The number of ether oxygens (including phenoxy) is 1. The van der Waals surface area contributed by atoms with Crippen molar-refractivity contribution in [1.29, 1.82) is 0 Å². The van der Waals surface area contributed by atoms with Crippen molar-refractivity contribution in [3.05, 3.63) is 39.9 Å². The van der Waals surface area contributed by atoms with E-state index in [1.54, 1.807) is 6.92 Å². The van der Waals surface area contributed by atoms with Gasteiger partial charge in [-0.25, -0.2) is 4.79 Å². The number of carbonyl (C=O) groups is 1. The number of benzene rings is 1. The number of alkyl carbamates (subject to hydrolysis) is 1. The van der Waals surface area contributed by atoms with Crippen molar-refractivity contribution in [2.45, 2.75) is 19.7 Å². The topological polar surface area (TPSA) is 107 Å². The van der Waals surface area contributed by atoms with Crippen LogP contribution in [-0.2, 0) is 11.3 Å². The summed E-state index contributed by atoms with van der Waals surface area (Å²) in [4.78, 5) is 21.0. The molecule has 1 amide bonds. The summed E-state index contributed by atoms with van der Waals surface area (Å²) in [5.41, 5.74) is 5.99. The fourth-order valence-electron chi connectivity index (χ4n) is 1.09. The van der Waals surface area contributed by atoms with Crippen LogP contribution in [0.4, 0.5) is 10.5 Å². The average molecular weight is 239 g/mol. The van der Waals surface area contributed by atoms with Crippen LogP contribution in [0.1, 0.15) is 12.5 Å². The van der Waals surface area contributed by atoms with Gasteiger partial charge < -0.3 is 15.8 Å². The minimum absolute atomic E-state index is 0.00576. The number of nitrogens with one attached hydrogen (secondary N) is 1. The first kappa shape index (κ1) is 12.9. The highest BCUT2D eigenvalue weighted by atomic mass is 16.6. The largest absolute Gasteiger partial charge is 0.445 e. The van der Waals surface area contributed by atoms with Crippen molar-refractivity contribution in [2.75, 3.05) is 0 Å². The standard InChI is InChI=1S/C10H13N3O4/c1-7(11)12-10(14)17-6-8-2-4-9(5-3-8)13(15)16/h2-5,7H,6,11H2,1H3,(H,12,14). The van der Waals surface area contributed by atoms with Crippen LogP contribution >= 0.6 is 0 Å². The average Bonchev–Trinajstić information content (AvgIpc) is 2.26. The SMILES string of the molecule is CC(N)NC(=O)OCc1ccc([N+](=O)[O-])cc1. The number of rotatable bonds is 4. The van der Waals surface area contributed by atoms with E-state index in [-0.39, 0.29) is 12.3 Å². The molecule has 92 valence electrons. The van der Waals surface area contributed by atoms with Gasteiger partial charge in [-0.2, -0.15) is 0 Å². The second kappa shape index (κ2) is 5.80. The number of nitro benzene ring substituents is 1. The molecule has 7 nitrogen and oxygen atoms in total. The maximum atomic E-state index is 11.1. The summed E-state index contributed by atoms with van der Waals surface area (Å²) in [6.07, 6.45) is -1.11. The zero-order chi connectivity index (χ0) is 12.8. The quantitative estimate of drug-likeness (QED) is 0.465. The molecule has 1 aromatic rings. The Balaban J connectivity index is 2.47. The highest BCUT2D eigenvalue weighted by molar-refractivity contribution is 5.67. The van der Waals surface area contributed by atoms with E-state index in [1.807, 2.05) is 0 Å². The molecule has 1 rings (SSSR count). The first-order valence-corrected chi connectivity index (χ1v) is 4.91. The fraction of sp³-hybridized carbons (Fsp3) is 0.300. The Labute approximate surface area is 97.7 Å². The molecule has 7 heteroatoms. The van der Waals surface area contributed by atoms with Crippen molar-refractivity contribution in [3.63, 3.8) is 0 Å². The second-order valence-corrected chi connectivity index (χ2v) is 3.43. The van der Waals surface area contributed by atoms with Crippen molar-refractivity contribution in [1.82, 2.24) is 5.32 Å². The molecule has 0 saturated heterocycles. The van der Waals surface area contributed by atoms with Crippen molar-refractivity contribution in [2.24, 2.45) is 5.73 Å². The predicted molar refractivity (Wildman–Crippen MR) is 60.1 cm³/mol. The van der Waals surface area contributed by atoms with E-state index in [4.69, 9.17) is 10.5 Å². The van der Waals surface area contributed by atoms with Crippen LogP contribution in [0.2, 0.25) is 0 Å². The van der Waals surface area contributed by atoms with Crippen LogP contribution in [0, 0.1) is 10.1 Å². The maximum Gasteiger partial charge on any atom is 0.408 e. The molecular weight excluding hydrogens is 226 g/mol. The molecule has 0 aliphatic carbocycles. The number of hydrogen-bond acceptors (Lipinski definition) is 5. The van der Waals surface area contributed by atoms with E-state index >= 15 is 0 Å². The van der Waals surface area contributed by atoms with Gasteiger partial charge in [0.2, 0.25) is 0 Å². The monoisotopic (exact) mass is 239 g/mol. The van der Waals surface area contributed by atoms with Gasteiger partial charge in [0.25, 0.3) is 5.69 Å². The molecule has 1 atom stereocenters. The zero-order valence-electron chi connectivity index (χ0n) is 9.25. The number of non-ortho nitro benzene ring substituents is 1. The van der Waals surface area contributed by atoms with Gasteiger partial charge in [0.05, 0.1) is 11.1 Å². The Morgan fingerprint density at radius 3 is 2.59 bits per heavy atom. The lowest BCUT2D eigenvalue weighted by Crippen LogP contribution is -2.39. The summed E-state index contributed by atoms with van der Waals surface area (Å²) in [5, 5.41) is 12.7. The minimum Gasteiger partial charge on any atom is -0.445 e. The smallest absolute Gasteiger partial charge is 0.408 e. The van der Waals surface area contributed by atoms with Crippen LogP contribution in [0.3, 0.4) is 0 Å². The van der Waals surface area contributed by atoms with E-state index < -0.39 is 17.2 Å². The van der Waals surface area contributed by atoms with Crippen LogP contribution in [0.5, 0.6) is 0 Å². The van der Waals surface area contributed by atoms with Gasteiger partial charge >= 0.3 is 6.09 Å². The van der Waals surface area contributed by atoms with Gasteiger partial charge in [-0.1, -0.05) is 0 Å². The van der Waals surface area contributed by atoms with Gasteiger partial charge in [-0.15, -0.1) is 0 Å². The Morgan fingerprint density at radius 2 is 2.12 bits per heavy atom. The Kier molecular flexibility index (Phi) is 4.41. The molecule has 0 bridgehead atoms. The lowest BCUT2D eigenvalue weighted by molar-refractivity contribution is -0.384. The van der Waals surface area contributed by atoms with Crippen LogP contribution in [-0.4, -0.2) is 17.2 Å².